The van der Waals surface area contributed by atoms with Crippen molar-refractivity contribution in [1.82, 2.24) is 0 Å². The van der Waals surface area contributed by atoms with Crippen molar-refractivity contribution in [1.29, 1.82) is 0 Å². The van der Waals surface area contributed by atoms with E-state index >= 15 is 0 Å². The molecule has 0 radical (unpaired) electrons. The molecule has 12 heteroatoms. The number of carbonyl (C=O) groups excluding carboxylic acids is 3. The van der Waals surface area contributed by atoms with Crippen LogP contribution in [0.15, 0.2) is 146 Å². The van der Waals surface area contributed by atoms with Crippen LogP contribution in [-0.4, -0.2) is 89.2 Å². The van der Waals surface area contributed by atoms with Gasteiger partial charge in [0.15, 0.2) is 24.6 Å². The third kappa shape index (κ3) is 43.1. The molecule has 0 aromatic carbocycles. The number of carboxylic acids is 1. The molecule has 1 fully saturated rings. The van der Waals surface area contributed by atoms with Crippen LogP contribution in [0.2, 0.25) is 0 Å². The molecule has 1 saturated heterocycles. The van der Waals surface area contributed by atoms with Crippen molar-refractivity contribution in [3.63, 3.8) is 0 Å². The van der Waals surface area contributed by atoms with Crippen LogP contribution in [0.25, 0.3) is 0 Å². The first-order valence-electron chi connectivity index (χ1n) is 29.8. The highest BCUT2D eigenvalue weighted by Crippen LogP contribution is 2.26. The second kappa shape index (κ2) is 53.3. The first-order valence-corrected chi connectivity index (χ1v) is 29.8. The summed E-state index contributed by atoms with van der Waals surface area (Å²) in [6.45, 7) is 5.59. The summed E-state index contributed by atoms with van der Waals surface area (Å²) in [6, 6.07) is 0. The minimum atomic E-state index is -1.93. The van der Waals surface area contributed by atoms with Crippen LogP contribution in [0.4, 0.5) is 0 Å². The summed E-state index contributed by atoms with van der Waals surface area (Å²) in [5.74, 6) is -3.31. The molecule has 0 amide bonds. The Morgan fingerprint density at radius 2 is 0.823 bits per heavy atom. The van der Waals surface area contributed by atoms with Gasteiger partial charge in [0, 0.05) is 19.3 Å². The third-order valence-corrected chi connectivity index (χ3v) is 12.4. The van der Waals surface area contributed by atoms with Gasteiger partial charge in [0.25, 0.3) is 0 Å². The molecule has 1 heterocycles. The van der Waals surface area contributed by atoms with Gasteiger partial charge in [0.2, 0.25) is 0 Å². The van der Waals surface area contributed by atoms with Crippen LogP contribution < -0.4 is 0 Å². The molecule has 0 saturated carbocycles. The van der Waals surface area contributed by atoms with Crippen molar-refractivity contribution in [3.05, 3.63) is 146 Å². The Bertz CT molecular complexity index is 1930. The summed E-state index contributed by atoms with van der Waals surface area (Å²) >= 11 is 0. The Balaban J connectivity index is 2.76. The van der Waals surface area contributed by atoms with Gasteiger partial charge in [-0.15, -0.1) is 0 Å². The fraction of sp³-hybridized carbons (Fsp3) is 0.582. The van der Waals surface area contributed by atoms with Crippen molar-refractivity contribution in [2.24, 2.45) is 0 Å². The molecule has 3 N–H and O–H groups in total. The lowest BCUT2D eigenvalue weighted by molar-refractivity contribution is -0.301. The van der Waals surface area contributed by atoms with E-state index in [2.05, 4.69) is 154 Å². The number of esters is 3. The lowest BCUT2D eigenvalue weighted by atomic mass is 9.98. The summed E-state index contributed by atoms with van der Waals surface area (Å²) in [5, 5.41) is 31.5. The number of unbranched alkanes of at least 4 members (excludes halogenated alkanes) is 10. The second-order valence-corrected chi connectivity index (χ2v) is 19.5. The maximum Gasteiger partial charge on any atom is 0.335 e. The molecule has 1 aliphatic rings. The van der Waals surface area contributed by atoms with E-state index in [1.807, 2.05) is 12.2 Å². The van der Waals surface area contributed by atoms with E-state index in [9.17, 15) is 34.5 Å². The molecule has 0 aliphatic carbocycles. The van der Waals surface area contributed by atoms with Crippen LogP contribution in [0.3, 0.4) is 0 Å². The molecule has 0 aromatic rings. The van der Waals surface area contributed by atoms with Gasteiger partial charge in [-0.3, -0.25) is 14.4 Å². The largest absolute Gasteiger partial charge is 0.479 e. The van der Waals surface area contributed by atoms with Crippen LogP contribution in [0, 0.1) is 0 Å². The summed E-state index contributed by atoms with van der Waals surface area (Å²) in [7, 11) is 0. The van der Waals surface area contributed by atoms with Gasteiger partial charge in [0.05, 0.1) is 6.61 Å². The standard InChI is InChI=1S/C67H102O12/c1-4-7-10-13-16-19-22-25-27-29-30-32-33-36-38-41-44-47-50-53-59(68)75-56-58(77-60(69)54-51-48-45-42-39-35-24-21-18-15-12-9-6-3)57-76-67-65(63(72)62(71)64(79-67)66(73)74)78-61(70)55-52-49-46-43-40-37-34-31-28-26-23-20-17-14-11-8-5-2/h7-8,10-12,15-17,19-21,24-28,30,32,34,36-38,44,47,58,62-65,67,71-72H,4-6,9,13-14,18,22-23,29,31,33,35,39-43,45-46,48-57H2,1-3H3,(H,73,74)/b10-7-,11-8-,15-12-,19-16-,20-17-,24-21-,27-25-,28-26-,32-30-,37-34-,38-36-,47-44-. The number of rotatable bonds is 48. The fourth-order valence-electron chi connectivity index (χ4n) is 7.89. The van der Waals surface area contributed by atoms with Gasteiger partial charge in [-0.05, 0) is 122 Å². The highest BCUT2D eigenvalue weighted by Gasteiger charge is 2.50. The van der Waals surface area contributed by atoms with Crippen LogP contribution in [0.5, 0.6) is 0 Å². The maximum absolute atomic E-state index is 13.1. The van der Waals surface area contributed by atoms with Crippen LogP contribution in [0.1, 0.15) is 201 Å². The van der Waals surface area contributed by atoms with Crippen molar-refractivity contribution in [3.8, 4) is 0 Å². The minimum absolute atomic E-state index is 0.0151. The molecule has 1 rings (SSSR count). The van der Waals surface area contributed by atoms with Crippen molar-refractivity contribution < 1.29 is 58.2 Å². The molecule has 6 atom stereocenters. The van der Waals surface area contributed by atoms with Gasteiger partial charge < -0.3 is 39.0 Å². The number of carbonyl (C=O) groups is 4. The number of aliphatic hydroxyl groups is 2. The summed E-state index contributed by atoms with van der Waals surface area (Å²) in [4.78, 5) is 51.1. The average molecular weight is 1100 g/mol. The zero-order chi connectivity index (χ0) is 57.5. The monoisotopic (exact) mass is 1100 g/mol. The predicted molar refractivity (Wildman–Crippen MR) is 321 cm³/mol. The molecule has 0 spiro atoms. The zero-order valence-electron chi connectivity index (χ0n) is 48.5. The van der Waals surface area contributed by atoms with E-state index in [1.165, 1.54) is 0 Å². The Morgan fingerprint density at radius 1 is 0.430 bits per heavy atom. The number of hydrogen-bond donors (Lipinski definition) is 3. The number of carboxylic acid groups (broad SMARTS) is 1. The SMILES string of the molecule is CC/C=C\C/C=C\C/C=C\C/C=C\C/C=C\C/C=C\CCC(=O)OCC(COC1OC(C(=O)O)C(O)C(O)C1OC(=O)CCCCCC/C=C\C/C=C\C/C=C\C/C=C\CC)OC(=O)CCCCCCC/C=C\C/C=C\CCC. The lowest BCUT2D eigenvalue weighted by Crippen LogP contribution is -2.61. The summed E-state index contributed by atoms with van der Waals surface area (Å²) < 4.78 is 28.3. The molecule has 442 valence electrons. The molecule has 0 bridgehead atoms. The smallest absolute Gasteiger partial charge is 0.335 e. The van der Waals surface area contributed by atoms with Gasteiger partial charge >= 0.3 is 23.9 Å². The molecule has 0 aromatic heterocycles. The van der Waals surface area contributed by atoms with Crippen molar-refractivity contribution >= 4 is 23.9 Å². The summed E-state index contributed by atoms with van der Waals surface area (Å²) in [5.41, 5.74) is 0. The van der Waals surface area contributed by atoms with E-state index in [-0.39, 0.29) is 25.9 Å². The second-order valence-electron chi connectivity index (χ2n) is 19.5. The van der Waals surface area contributed by atoms with E-state index in [4.69, 9.17) is 23.7 Å². The van der Waals surface area contributed by atoms with Crippen molar-refractivity contribution in [2.75, 3.05) is 13.2 Å². The van der Waals surface area contributed by atoms with Gasteiger partial charge in [-0.2, -0.15) is 0 Å². The molecular weight excluding hydrogens is 997 g/mol. The molecule has 6 unspecified atom stereocenters. The first-order chi connectivity index (χ1) is 38.6. The lowest BCUT2D eigenvalue weighted by Gasteiger charge is -2.40. The van der Waals surface area contributed by atoms with E-state index in [1.54, 1.807) is 0 Å². The van der Waals surface area contributed by atoms with E-state index in [0.29, 0.717) is 25.7 Å². The Kier molecular flexibility index (Phi) is 48.3. The number of hydrogen-bond acceptors (Lipinski definition) is 11. The van der Waals surface area contributed by atoms with E-state index < -0.39 is 67.3 Å². The first kappa shape index (κ1) is 71.6. The Hall–Kier alpha value is -5.40. The number of aliphatic hydroxyl groups excluding tert-OH is 2. The molecule has 79 heavy (non-hydrogen) atoms. The van der Waals surface area contributed by atoms with Crippen LogP contribution >= 0.6 is 0 Å². The Morgan fingerprint density at radius 3 is 1.27 bits per heavy atom. The van der Waals surface area contributed by atoms with Gasteiger partial charge in [-0.25, -0.2) is 4.79 Å². The zero-order valence-corrected chi connectivity index (χ0v) is 48.5. The fourth-order valence-corrected chi connectivity index (χ4v) is 7.89. The number of allylic oxidation sites excluding steroid dienone is 24. The normalized spacial score (nSPS) is 18.9. The maximum atomic E-state index is 13.1. The van der Waals surface area contributed by atoms with Gasteiger partial charge in [0.1, 0.15) is 18.8 Å². The van der Waals surface area contributed by atoms with Crippen molar-refractivity contribution in [2.45, 2.75) is 237 Å². The molecule has 1 aliphatic heterocycles. The topological polar surface area (TPSA) is 175 Å². The Labute approximate surface area is 476 Å². The minimum Gasteiger partial charge on any atom is -0.479 e. The number of aliphatic carboxylic acids is 1. The van der Waals surface area contributed by atoms with Gasteiger partial charge in [-0.1, -0.05) is 205 Å². The van der Waals surface area contributed by atoms with E-state index in [0.717, 1.165) is 135 Å². The average Bonchev–Trinajstić information content (AvgIpc) is 3.47. The quantitative estimate of drug-likeness (QED) is 0.0228. The summed E-state index contributed by atoms with van der Waals surface area (Å²) in [6.07, 6.45) is 64.0. The molecular formula is C67H102O12. The highest BCUT2D eigenvalue weighted by molar-refractivity contribution is 5.74. The van der Waals surface area contributed by atoms with Crippen LogP contribution in [-0.2, 0) is 42.9 Å². The molecule has 12 nitrogen and oxygen atoms in total. The third-order valence-electron chi connectivity index (χ3n) is 12.4. The predicted octanol–water partition coefficient (Wildman–Crippen LogP) is 15.6. The highest BCUT2D eigenvalue weighted by atomic mass is 16.7. The number of ether oxygens (including phenoxy) is 5.